The van der Waals surface area contributed by atoms with E-state index in [4.69, 9.17) is 4.74 Å². The number of rotatable bonds is 9. The molecule has 0 saturated carbocycles. The molecule has 0 aliphatic rings. The Balaban J connectivity index is 1.88. The normalized spacial score (nSPS) is 13.1. The topological polar surface area (TPSA) is 70.6 Å². The van der Waals surface area contributed by atoms with Crippen LogP contribution in [0.3, 0.4) is 0 Å². The Hall–Kier alpha value is -2.37. The molecule has 25 heavy (non-hydrogen) atoms. The smallest absolute Gasteiger partial charge is 0.211 e. The van der Waals surface area contributed by atoms with Gasteiger partial charge in [-0.05, 0) is 55.2 Å². The summed E-state index contributed by atoms with van der Waals surface area (Å²) in [4.78, 5) is 10.6. The van der Waals surface area contributed by atoms with E-state index in [1.807, 2.05) is 49.4 Å². The molecular formula is C20H26N2O3. The second kappa shape index (κ2) is 9.20. The van der Waals surface area contributed by atoms with Crippen molar-refractivity contribution in [2.24, 2.45) is 0 Å². The highest BCUT2D eigenvalue weighted by Crippen LogP contribution is 2.21. The number of aliphatic hydroxyl groups excluding tert-OH is 1. The number of anilines is 1. The summed E-state index contributed by atoms with van der Waals surface area (Å²) in [6.45, 7) is 4.45. The fourth-order valence-electron chi connectivity index (χ4n) is 2.68. The van der Waals surface area contributed by atoms with Crippen LogP contribution >= 0.6 is 0 Å². The van der Waals surface area contributed by atoms with Crippen LogP contribution in [0.5, 0.6) is 5.75 Å². The molecule has 5 heteroatoms. The molecule has 2 rings (SSSR count). The molecule has 2 aromatic carbocycles. The van der Waals surface area contributed by atoms with E-state index < -0.39 is 6.10 Å². The molecule has 0 bridgehead atoms. The second-order valence-electron chi connectivity index (χ2n) is 6.21. The summed E-state index contributed by atoms with van der Waals surface area (Å²) in [5, 5.41) is 16.4. The molecule has 0 aliphatic heterocycles. The van der Waals surface area contributed by atoms with Crippen molar-refractivity contribution in [3.63, 3.8) is 0 Å². The van der Waals surface area contributed by atoms with Gasteiger partial charge in [0.2, 0.25) is 6.41 Å². The minimum absolute atomic E-state index is 0.223. The number of hydrogen-bond donors (Lipinski definition) is 3. The molecule has 0 heterocycles. The fourth-order valence-corrected chi connectivity index (χ4v) is 2.68. The molecule has 1 amide bonds. The number of carbonyl (C=O) groups excluding carboxylic acids is 1. The minimum Gasteiger partial charge on any atom is -0.497 e. The van der Waals surface area contributed by atoms with Gasteiger partial charge in [-0.1, -0.05) is 24.3 Å². The molecule has 0 fully saturated rings. The second-order valence-corrected chi connectivity index (χ2v) is 6.21. The van der Waals surface area contributed by atoms with Crippen molar-refractivity contribution in [3.05, 3.63) is 59.2 Å². The van der Waals surface area contributed by atoms with Crippen LogP contribution in [0.2, 0.25) is 0 Å². The molecule has 3 N–H and O–H groups in total. The zero-order chi connectivity index (χ0) is 18.2. The van der Waals surface area contributed by atoms with Crippen LogP contribution in [-0.4, -0.2) is 31.2 Å². The fraction of sp³-hybridized carbons (Fsp3) is 0.350. The third kappa shape index (κ3) is 5.59. The van der Waals surface area contributed by atoms with E-state index in [0.717, 1.165) is 29.0 Å². The maximum Gasteiger partial charge on any atom is 0.211 e. The average Bonchev–Trinajstić information content (AvgIpc) is 2.62. The van der Waals surface area contributed by atoms with Gasteiger partial charge in [0.05, 0.1) is 13.2 Å². The largest absolute Gasteiger partial charge is 0.497 e. The molecule has 0 radical (unpaired) electrons. The SMILES string of the molecule is COc1ccc(C[C@@H](C)NC[C@H](O)c2ccc(C)c(NC=O)c2)cc1. The van der Waals surface area contributed by atoms with Crippen LogP contribution in [0.15, 0.2) is 42.5 Å². The summed E-state index contributed by atoms with van der Waals surface area (Å²) in [6, 6.07) is 13.8. The Morgan fingerprint density at radius 1 is 1.20 bits per heavy atom. The highest BCUT2D eigenvalue weighted by Gasteiger charge is 2.11. The van der Waals surface area contributed by atoms with Gasteiger partial charge in [0, 0.05) is 18.3 Å². The zero-order valence-electron chi connectivity index (χ0n) is 15.0. The van der Waals surface area contributed by atoms with Gasteiger partial charge in [-0.15, -0.1) is 0 Å². The van der Waals surface area contributed by atoms with Gasteiger partial charge in [0.25, 0.3) is 0 Å². The van der Waals surface area contributed by atoms with Crippen molar-refractivity contribution in [2.75, 3.05) is 19.0 Å². The quantitative estimate of drug-likeness (QED) is 0.613. The number of carbonyl (C=O) groups is 1. The van der Waals surface area contributed by atoms with Gasteiger partial charge < -0.3 is 20.5 Å². The van der Waals surface area contributed by atoms with Crippen molar-refractivity contribution in [3.8, 4) is 5.75 Å². The Labute approximate surface area is 149 Å². The van der Waals surface area contributed by atoms with E-state index in [1.165, 1.54) is 5.56 Å². The Morgan fingerprint density at radius 2 is 1.92 bits per heavy atom. The number of hydrogen-bond acceptors (Lipinski definition) is 4. The number of nitrogens with one attached hydrogen (secondary N) is 2. The monoisotopic (exact) mass is 342 g/mol. The first-order valence-corrected chi connectivity index (χ1v) is 8.38. The van der Waals surface area contributed by atoms with Crippen molar-refractivity contribution in [1.82, 2.24) is 5.32 Å². The van der Waals surface area contributed by atoms with Gasteiger partial charge >= 0.3 is 0 Å². The van der Waals surface area contributed by atoms with Crippen LogP contribution in [0.4, 0.5) is 5.69 Å². The summed E-state index contributed by atoms with van der Waals surface area (Å²) in [7, 11) is 1.65. The maximum absolute atomic E-state index is 10.6. The Kier molecular flexibility index (Phi) is 6.98. The van der Waals surface area contributed by atoms with Crippen LogP contribution < -0.4 is 15.4 Å². The van der Waals surface area contributed by atoms with E-state index >= 15 is 0 Å². The summed E-state index contributed by atoms with van der Waals surface area (Å²) in [5.74, 6) is 0.846. The van der Waals surface area contributed by atoms with Gasteiger partial charge in [0.15, 0.2) is 0 Å². The van der Waals surface area contributed by atoms with Crippen LogP contribution in [0, 0.1) is 6.92 Å². The molecule has 0 saturated heterocycles. The molecule has 0 unspecified atom stereocenters. The number of benzene rings is 2. The predicted molar refractivity (Wildman–Crippen MR) is 100.0 cm³/mol. The average molecular weight is 342 g/mol. The lowest BCUT2D eigenvalue weighted by molar-refractivity contribution is -0.105. The minimum atomic E-state index is -0.633. The first kappa shape index (κ1) is 19.0. The van der Waals surface area contributed by atoms with Crippen LogP contribution in [-0.2, 0) is 11.2 Å². The van der Waals surface area contributed by atoms with Crippen LogP contribution in [0.25, 0.3) is 0 Å². The number of aliphatic hydroxyl groups is 1. The molecule has 2 atom stereocenters. The molecule has 0 spiro atoms. The molecule has 0 aliphatic carbocycles. The molecule has 5 nitrogen and oxygen atoms in total. The lowest BCUT2D eigenvalue weighted by atomic mass is 10.0. The molecule has 134 valence electrons. The molecule has 2 aromatic rings. The van der Waals surface area contributed by atoms with E-state index in [9.17, 15) is 9.90 Å². The van der Waals surface area contributed by atoms with Crippen LogP contribution in [0.1, 0.15) is 29.7 Å². The first-order valence-electron chi connectivity index (χ1n) is 8.38. The summed E-state index contributed by atoms with van der Waals surface area (Å²) in [5.41, 5.74) is 3.67. The zero-order valence-corrected chi connectivity index (χ0v) is 15.0. The van der Waals surface area contributed by atoms with Gasteiger partial charge in [-0.2, -0.15) is 0 Å². The number of amides is 1. The standard InChI is InChI=1S/C20H26N2O3/c1-14-4-7-17(11-19(14)22-13-23)20(24)12-21-15(2)10-16-5-8-18(25-3)9-6-16/h4-9,11,13,15,20-21,24H,10,12H2,1-3H3,(H,22,23)/t15-,20+/m1/s1. The van der Waals surface area contributed by atoms with E-state index in [-0.39, 0.29) is 6.04 Å². The van der Waals surface area contributed by atoms with E-state index in [1.54, 1.807) is 7.11 Å². The number of ether oxygens (including phenoxy) is 1. The van der Waals surface area contributed by atoms with Gasteiger partial charge in [-0.3, -0.25) is 4.79 Å². The van der Waals surface area contributed by atoms with E-state index in [0.29, 0.717) is 13.0 Å². The highest BCUT2D eigenvalue weighted by atomic mass is 16.5. The number of aryl methyl sites for hydroxylation is 1. The van der Waals surface area contributed by atoms with Gasteiger partial charge in [-0.25, -0.2) is 0 Å². The Morgan fingerprint density at radius 3 is 2.56 bits per heavy atom. The lowest BCUT2D eigenvalue weighted by Gasteiger charge is -2.18. The maximum atomic E-state index is 10.6. The van der Waals surface area contributed by atoms with Crippen molar-refractivity contribution in [1.29, 1.82) is 0 Å². The van der Waals surface area contributed by atoms with Crippen molar-refractivity contribution >= 4 is 12.1 Å². The highest BCUT2D eigenvalue weighted by molar-refractivity contribution is 5.73. The summed E-state index contributed by atoms with van der Waals surface area (Å²) < 4.78 is 5.16. The third-order valence-electron chi connectivity index (χ3n) is 4.22. The summed E-state index contributed by atoms with van der Waals surface area (Å²) >= 11 is 0. The van der Waals surface area contributed by atoms with Gasteiger partial charge in [0.1, 0.15) is 5.75 Å². The van der Waals surface area contributed by atoms with Crippen molar-refractivity contribution in [2.45, 2.75) is 32.4 Å². The first-order chi connectivity index (χ1) is 12.0. The number of methoxy groups -OCH3 is 1. The Bertz CT molecular complexity index is 686. The molecular weight excluding hydrogens is 316 g/mol. The lowest BCUT2D eigenvalue weighted by Crippen LogP contribution is -2.32. The summed E-state index contributed by atoms with van der Waals surface area (Å²) in [6.07, 6.45) is 0.877. The third-order valence-corrected chi connectivity index (χ3v) is 4.22. The predicted octanol–water partition coefficient (Wildman–Crippen LogP) is 2.83. The van der Waals surface area contributed by atoms with E-state index in [2.05, 4.69) is 17.6 Å². The van der Waals surface area contributed by atoms with Crippen molar-refractivity contribution < 1.29 is 14.6 Å². The molecule has 0 aromatic heterocycles.